The Kier molecular flexibility index (Phi) is 7.33. The second kappa shape index (κ2) is 11.2. The molecule has 220 valence electrons. The van der Waals surface area contributed by atoms with E-state index in [0.717, 1.165) is 20.9 Å². The first-order valence-corrected chi connectivity index (χ1v) is 16.1. The molecule has 7 rings (SSSR count). The zero-order valence-corrected chi connectivity index (χ0v) is 26.8. The molecule has 2 amide bonds. The highest BCUT2D eigenvalue weighted by molar-refractivity contribution is 9.10. The Bertz CT molecular complexity index is 1870. The van der Waals surface area contributed by atoms with Gasteiger partial charge in [-0.05, 0) is 72.7 Å². The molecule has 44 heavy (non-hydrogen) atoms. The summed E-state index contributed by atoms with van der Waals surface area (Å²) in [4.78, 5) is 59.1. The lowest BCUT2D eigenvalue weighted by atomic mass is 9.85. The Morgan fingerprint density at radius 3 is 2.18 bits per heavy atom. The topological polar surface area (TPSA) is 93.6 Å². The van der Waals surface area contributed by atoms with E-state index in [1.54, 1.807) is 42.5 Å². The summed E-state index contributed by atoms with van der Waals surface area (Å²) in [7, 11) is 0. The van der Waals surface area contributed by atoms with Crippen LogP contribution in [-0.4, -0.2) is 35.2 Å². The number of hydrogen-bond donors (Lipinski definition) is 0. The van der Waals surface area contributed by atoms with Crippen LogP contribution in [-0.2, 0) is 20.7 Å². The zero-order valence-electron chi connectivity index (χ0n) is 23.6. The molecule has 1 aliphatic heterocycles. The van der Waals surface area contributed by atoms with Gasteiger partial charge in [0.15, 0.2) is 12.4 Å². The normalized spacial score (nSPS) is 21.8. The van der Waals surface area contributed by atoms with Gasteiger partial charge < -0.3 is 4.74 Å². The zero-order chi connectivity index (χ0) is 30.7. The molecule has 0 radical (unpaired) electrons. The number of ether oxygens (including phenoxy) is 1. The van der Waals surface area contributed by atoms with Crippen molar-refractivity contribution in [1.82, 2.24) is 4.98 Å². The van der Waals surface area contributed by atoms with E-state index in [1.165, 1.54) is 4.90 Å². The summed E-state index contributed by atoms with van der Waals surface area (Å²) in [6.45, 7) is 1.61. The molecule has 1 saturated carbocycles. The number of halogens is 2. The Morgan fingerprint density at radius 2 is 1.55 bits per heavy atom. The number of hydrogen-bond acceptors (Lipinski definition) is 6. The van der Waals surface area contributed by atoms with Crippen molar-refractivity contribution >= 4 is 72.0 Å². The number of aryl methyl sites for hydroxylation is 1. The third-order valence-electron chi connectivity index (χ3n) is 8.95. The van der Waals surface area contributed by atoms with Crippen molar-refractivity contribution in [3.8, 4) is 11.3 Å². The fourth-order valence-electron chi connectivity index (χ4n) is 6.81. The molecule has 0 spiro atoms. The number of nitrogens with zero attached hydrogens (tertiary/aromatic N) is 2. The summed E-state index contributed by atoms with van der Waals surface area (Å²) >= 11 is 6.90. The highest BCUT2D eigenvalue weighted by Crippen LogP contribution is 2.53. The highest BCUT2D eigenvalue weighted by Gasteiger charge is 2.59. The number of esters is 1. The average Bonchev–Trinajstić information content (AvgIpc) is 3.72. The highest BCUT2D eigenvalue weighted by atomic mass is 79.9. The number of amides is 2. The number of fused-ring (bicyclic) bond motifs is 6. The Balaban J connectivity index is 1.20. The Labute approximate surface area is 270 Å². The quantitative estimate of drug-likeness (QED) is 0.0862. The van der Waals surface area contributed by atoms with Crippen LogP contribution < -0.4 is 4.90 Å². The van der Waals surface area contributed by atoms with E-state index in [1.807, 2.05) is 31.2 Å². The van der Waals surface area contributed by atoms with Crippen LogP contribution in [0.3, 0.4) is 0 Å². The number of Topliss-reactive ketones (excluding diaryl/α,β-unsaturated/α-hetero) is 1. The molecule has 3 aliphatic rings. The number of allylic oxidation sites excluding steroid dienone is 2. The molecule has 4 unspecified atom stereocenters. The molecule has 4 atom stereocenters. The summed E-state index contributed by atoms with van der Waals surface area (Å²) in [5.41, 5.74) is 4.10. The van der Waals surface area contributed by atoms with Gasteiger partial charge in [-0.2, -0.15) is 0 Å². The minimum Gasteiger partial charge on any atom is -0.454 e. The average molecular weight is 714 g/mol. The third-order valence-corrected chi connectivity index (χ3v) is 9.94. The first-order valence-electron chi connectivity index (χ1n) is 14.5. The molecule has 3 aromatic carbocycles. The van der Waals surface area contributed by atoms with E-state index in [9.17, 15) is 19.2 Å². The van der Waals surface area contributed by atoms with Gasteiger partial charge >= 0.3 is 5.97 Å². The predicted molar refractivity (Wildman–Crippen MR) is 173 cm³/mol. The largest absolute Gasteiger partial charge is 0.454 e. The van der Waals surface area contributed by atoms with Gasteiger partial charge in [0.25, 0.3) is 0 Å². The van der Waals surface area contributed by atoms with Gasteiger partial charge in [0.05, 0.1) is 34.3 Å². The summed E-state index contributed by atoms with van der Waals surface area (Å²) in [6, 6.07) is 19.4. The smallest absolute Gasteiger partial charge is 0.339 e. The maximum atomic E-state index is 13.5. The van der Waals surface area contributed by atoms with Crippen molar-refractivity contribution in [3.05, 3.63) is 105 Å². The molecule has 2 aliphatic carbocycles. The first-order chi connectivity index (χ1) is 21.2. The van der Waals surface area contributed by atoms with Crippen LogP contribution >= 0.6 is 31.9 Å². The van der Waals surface area contributed by atoms with Gasteiger partial charge in [-0.15, -0.1) is 0 Å². The minimum atomic E-state index is -0.635. The second-order valence-electron chi connectivity index (χ2n) is 11.4. The maximum absolute atomic E-state index is 13.5. The lowest BCUT2D eigenvalue weighted by Gasteiger charge is -2.18. The second-order valence-corrected chi connectivity index (χ2v) is 13.3. The lowest BCUT2D eigenvalue weighted by Crippen LogP contribution is -2.32. The van der Waals surface area contributed by atoms with Gasteiger partial charge in [0.1, 0.15) is 0 Å². The third kappa shape index (κ3) is 4.82. The van der Waals surface area contributed by atoms with E-state index in [4.69, 9.17) is 9.72 Å². The number of anilines is 1. The van der Waals surface area contributed by atoms with Crippen LogP contribution in [0.4, 0.5) is 5.69 Å². The Morgan fingerprint density at radius 1 is 0.886 bits per heavy atom. The van der Waals surface area contributed by atoms with Gasteiger partial charge in [-0.25, -0.2) is 9.78 Å². The van der Waals surface area contributed by atoms with Crippen molar-refractivity contribution < 1.29 is 23.9 Å². The number of pyridine rings is 1. The lowest BCUT2D eigenvalue weighted by molar-refractivity contribution is -0.123. The van der Waals surface area contributed by atoms with Gasteiger partial charge in [-0.1, -0.05) is 75.2 Å². The molecule has 4 aromatic rings. The number of ketones is 1. The number of carbonyl (C=O) groups excluding carboxylic acids is 4. The van der Waals surface area contributed by atoms with E-state index in [0.29, 0.717) is 39.8 Å². The molecule has 1 saturated heterocycles. The number of aromatic nitrogens is 1. The monoisotopic (exact) mass is 712 g/mol. The van der Waals surface area contributed by atoms with E-state index in [2.05, 4.69) is 44.0 Å². The minimum absolute atomic E-state index is 0.130. The SMILES string of the molecule is CCc1cc(Br)cc2c(C(=O)OCC(=O)c3ccc(Br)cc3)cc(-c3ccc(N4C(=O)C5C6C=CC(C6)C5C4=O)cc3)nc12. The van der Waals surface area contributed by atoms with Gasteiger partial charge in [0.2, 0.25) is 11.8 Å². The maximum Gasteiger partial charge on any atom is 0.339 e. The van der Waals surface area contributed by atoms with E-state index < -0.39 is 12.6 Å². The fourth-order valence-corrected chi connectivity index (χ4v) is 7.58. The summed E-state index contributed by atoms with van der Waals surface area (Å²) in [5.74, 6) is -1.46. The van der Waals surface area contributed by atoms with Crippen LogP contribution in [0.25, 0.3) is 22.2 Å². The van der Waals surface area contributed by atoms with Crippen molar-refractivity contribution in [3.63, 3.8) is 0 Å². The molecular weight excluding hydrogens is 688 g/mol. The first kappa shape index (κ1) is 28.8. The standard InChI is InChI=1S/C35H26Br2N2O5/c1-2-18-14-24(37)15-26-27(35(43)44-17-29(40)20-5-9-23(36)10-6-20)16-28(38-32(18)26)19-7-11-25(12-8-19)39-33(41)30-21-3-4-22(13-21)31(30)34(39)42/h3-12,14-16,21-22,30-31H,2,13,17H2,1H3. The van der Waals surface area contributed by atoms with Crippen LogP contribution in [0, 0.1) is 23.7 Å². The molecule has 0 N–H and O–H groups in total. The van der Waals surface area contributed by atoms with Crippen molar-refractivity contribution in [2.45, 2.75) is 19.8 Å². The van der Waals surface area contributed by atoms with Crippen molar-refractivity contribution in [2.75, 3.05) is 11.5 Å². The number of benzene rings is 3. The number of imide groups is 1. The number of rotatable bonds is 7. The van der Waals surface area contributed by atoms with Gasteiger partial charge in [0, 0.05) is 25.5 Å². The molecule has 2 heterocycles. The molecule has 1 aromatic heterocycles. The molecule has 9 heteroatoms. The molecule has 7 nitrogen and oxygen atoms in total. The molecular formula is C35H26Br2N2O5. The van der Waals surface area contributed by atoms with Gasteiger partial charge in [-0.3, -0.25) is 19.3 Å². The number of carbonyl (C=O) groups is 4. The fraction of sp³-hybridized carbons (Fsp3) is 0.229. The molecule has 2 bridgehead atoms. The van der Waals surface area contributed by atoms with E-state index >= 15 is 0 Å². The predicted octanol–water partition coefficient (Wildman–Crippen LogP) is 7.34. The van der Waals surface area contributed by atoms with E-state index in [-0.39, 0.29) is 46.8 Å². The van der Waals surface area contributed by atoms with Crippen LogP contribution in [0.2, 0.25) is 0 Å². The Hall–Kier alpha value is -3.95. The van der Waals surface area contributed by atoms with Crippen LogP contribution in [0.15, 0.2) is 87.8 Å². The van der Waals surface area contributed by atoms with Crippen LogP contribution in [0.1, 0.15) is 39.6 Å². The summed E-state index contributed by atoms with van der Waals surface area (Å²) in [5, 5.41) is 0.612. The summed E-state index contributed by atoms with van der Waals surface area (Å²) in [6.07, 6.45) is 5.72. The van der Waals surface area contributed by atoms with Crippen molar-refractivity contribution in [1.29, 1.82) is 0 Å². The van der Waals surface area contributed by atoms with Crippen LogP contribution in [0.5, 0.6) is 0 Å². The van der Waals surface area contributed by atoms with Crippen molar-refractivity contribution in [2.24, 2.45) is 23.7 Å². The molecule has 2 fully saturated rings. The summed E-state index contributed by atoms with van der Waals surface area (Å²) < 4.78 is 7.17.